The number of halogens is 2. The largest absolute Gasteiger partial charge is 0.466 e. The lowest BCUT2D eigenvalue weighted by Gasteiger charge is -2.38. The number of nitrogens with zero attached hydrogens (tertiary/aromatic N) is 4. The maximum atomic E-state index is 15.0. The second-order valence-electron chi connectivity index (χ2n) is 9.13. The number of aliphatic hydroxyl groups is 1. The Labute approximate surface area is 209 Å². The third-order valence-electron chi connectivity index (χ3n) is 6.79. The molecular weight excluding hydrogens is 475 g/mol. The highest BCUT2D eigenvalue weighted by molar-refractivity contribution is 6.30. The summed E-state index contributed by atoms with van der Waals surface area (Å²) in [5.41, 5.74) is 0.853. The molecule has 0 aliphatic carbocycles. The predicted octanol–water partition coefficient (Wildman–Crippen LogP) is 2.83. The quantitative estimate of drug-likeness (QED) is 0.552. The summed E-state index contributed by atoms with van der Waals surface area (Å²) in [6.45, 7) is 4.35. The first-order valence-corrected chi connectivity index (χ1v) is 12.3. The van der Waals surface area contributed by atoms with Crippen molar-refractivity contribution in [1.29, 1.82) is 0 Å². The predicted molar refractivity (Wildman–Crippen MR) is 129 cm³/mol. The molecule has 0 saturated carbocycles. The van der Waals surface area contributed by atoms with Crippen LogP contribution in [0.25, 0.3) is 0 Å². The van der Waals surface area contributed by atoms with Crippen molar-refractivity contribution >= 4 is 29.4 Å². The lowest BCUT2D eigenvalue weighted by atomic mass is 9.79. The number of aliphatic hydroxyl groups excluding tert-OH is 1. The summed E-state index contributed by atoms with van der Waals surface area (Å²) in [6.07, 6.45) is 4.45. The summed E-state index contributed by atoms with van der Waals surface area (Å²) < 4.78 is 20.4. The standard InChI is InChI=1S/C25H30ClFN4O4/c1-2-35-24(34)23(17-5-7-30(8-6-17)25-28-11-20(26)12-29-25)19-4-3-18(21(27)9-19)10-22(33)31-13-16(14-31)15-32/h3-4,9,11-12,16-17,23,32H,2,5-8,10,13-15H2,1H3. The van der Waals surface area contributed by atoms with Crippen LogP contribution in [0.1, 0.15) is 36.8 Å². The van der Waals surface area contributed by atoms with Crippen LogP contribution in [0.15, 0.2) is 30.6 Å². The summed E-state index contributed by atoms with van der Waals surface area (Å²) in [6, 6.07) is 4.69. The van der Waals surface area contributed by atoms with E-state index in [0.29, 0.717) is 61.1 Å². The second kappa shape index (κ2) is 11.3. The molecular formula is C25H30ClFN4O4. The van der Waals surface area contributed by atoms with Gasteiger partial charge in [-0.25, -0.2) is 14.4 Å². The smallest absolute Gasteiger partial charge is 0.313 e. The van der Waals surface area contributed by atoms with Gasteiger partial charge in [-0.3, -0.25) is 9.59 Å². The van der Waals surface area contributed by atoms with E-state index in [2.05, 4.69) is 9.97 Å². The number of esters is 1. The second-order valence-corrected chi connectivity index (χ2v) is 9.57. The van der Waals surface area contributed by atoms with Crippen LogP contribution in [0, 0.1) is 17.7 Å². The highest BCUT2D eigenvalue weighted by Gasteiger charge is 2.35. The Bertz CT molecular complexity index is 1040. The molecule has 1 N–H and O–H groups in total. The van der Waals surface area contributed by atoms with Crippen molar-refractivity contribution in [3.05, 3.63) is 52.6 Å². The first kappa shape index (κ1) is 25.3. The summed E-state index contributed by atoms with van der Waals surface area (Å²) in [4.78, 5) is 37.5. The minimum Gasteiger partial charge on any atom is -0.466 e. The van der Waals surface area contributed by atoms with E-state index in [9.17, 15) is 9.59 Å². The van der Waals surface area contributed by atoms with Crippen LogP contribution < -0.4 is 4.90 Å². The molecule has 8 nitrogen and oxygen atoms in total. The monoisotopic (exact) mass is 504 g/mol. The van der Waals surface area contributed by atoms with Gasteiger partial charge in [-0.1, -0.05) is 23.7 Å². The third-order valence-corrected chi connectivity index (χ3v) is 6.98. The van der Waals surface area contributed by atoms with Gasteiger partial charge in [0, 0.05) is 38.7 Å². The number of anilines is 1. The van der Waals surface area contributed by atoms with Crippen molar-refractivity contribution in [2.24, 2.45) is 11.8 Å². The zero-order chi connectivity index (χ0) is 24.9. The number of hydrogen-bond acceptors (Lipinski definition) is 7. The van der Waals surface area contributed by atoms with E-state index in [4.69, 9.17) is 21.4 Å². The molecule has 1 amide bonds. The number of aromatic nitrogens is 2. The molecule has 188 valence electrons. The number of piperidine rings is 1. The molecule has 1 aromatic carbocycles. The maximum Gasteiger partial charge on any atom is 0.313 e. The van der Waals surface area contributed by atoms with Crippen molar-refractivity contribution in [2.75, 3.05) is 44.3 Å². The van der Waals surface area contributed by atoms with E-state index in [1.54, 1.807) is 36.4 Å². The van der Waals surface area contributed by atoms with Gasteiger partial charge in [0.15, 0.2) is 0 Å². The van der Waals surface area contributed by atoms with Crippen molar-refractivity contribution in [3.8, 4) is 0 Å². The van der Waals surface area contributed by atoms with E-state index in [-0.39, 0.29) is 43.3 Å². The van der Waals surface area contributed by atoms with Gasteiger partial charge in [0.2, 0.25) is 11.9 Å². The first-order chi connectivity index (χ1) is 16.9. The number of likely N-dealkylation sites (tertiary alicyclic amines) is 1. The highest BCUT2D eigenvalue weighted by atomic mass is 35.5. The molecule has 2 saturated heterocycles. The van der Waals surface area contributed by atoms with E-state index < -0.39 is 11.7 Å². The van der Waals surface area contributed by atoms with Gasteiger partial charge in [-0.15, -0.1) is 0 Å². The normalized spacial score (nSPS) is 17.7. The molecule has 2 aromatic rings. The lowest BCUT2D eigenvalue weighted by Crippen LogP contribution is -2.51. The Morgan fingerprint density at radius 1 is 1.23 bits per heavy atom. The molecule has 1 atom stereocenters. The van der Waals surface area contributed by atoms with E-state index in [0.717, 1.165) is 0 Å². The van der Waals surface area contributed by atoms with Crippen molar-refractivity contribution in [2.45, 2.75) is 32.1 Å². The van der Waals surface area contributed by atoms with Gasteiger partial charge in [-0.05, 0) is 42.9 Å². The molecule has 4 rings (SSSR count). The molecule has 2 fully saturated rings. The van der Waals surface area contributed by atoms with Crippen molar-refractivity contribution in [1.82, 2.24) is 14.9 Å². The Balaban J connectivity index is 1.45. The van der Waals surface area contributed by atoms with Gasteiger partial charge in [0.1, 0.15) is 5.82 Å². The van der Waals surface area contributed by atoms with Crippen molar-refractivity contribution in [3.63, 3.8) is 0 Å². The molecule has 35 heavy (non-hydrogen) atoms. The molecule has 10 heteroatoms. The van der Waals surface area contributed by atoms with Crippen LogP contribution in [-0.2, 0) is 20.7 Å². The summed E-state index contributed by atoms with van der Waals surface area (Å²) in [7, 11) is 0. The first-order valence-electron chi connectivity index (χ1n) is 12.0. The van der Waals surface area contributed by atoms with Gasteiger partial charge >= 0.3 is 5.97 Å². The van der Waals surface area contributed by atoms with E-state index in [1.165, 1.54) is 6.07 Å². The van der Waals surface area contributed by atoms with Crippen LogP contribution in [0.3, 0.4) is 0 Å². The summed E-state index contributed by atoms with van der Waals surface area (Å²) in [5.74, 6) is -0.963. The van der Waals surface area contributed by atoms with E-state index >= 15 is 4.39 Å². The lowest BCUT2D eigenvalue weighted by molar-refractivity contribution is -0.146. The Kier molecular flexibility index (Phi) is 8.18. The third kappa shape index (κ3) is 5.90. The number of carbonyl (C=O) groups excluding carboxylic acids is 2. The number of benzene rings is 1. The van der Waals surface area contributed by atoms with Gasteiger partial charge in [0.25, 0.3) is 0 Å². The fourth-order valence-corrected chi connectivity index (χ4v) is 4.90. The SMILES string of the molecule is CCOC(=O)C(c1ccc(CC(=O)N2CC(CO)C2)c(F)c1)C1CCN(c2ncc(Cl)cn2)CC1. The van der Waals surface area contributed by atoms with Crippen LogP contribution in [0.5, 0.6) is 0 Å². The van der Waals surface area contributed by atoms with E-state index in [1.807, 2.05) is 4.90 Å². The minimum absolute atomic E-state index is 0.0269. The molecule has 2 aliphatic rings. The number of carbonyl (C=O) groups is 2. The molecule has 3 heterocycles. The molecule has 0 spiro atoms. The Hall–Kier alpha value is -2.78. The number of rotatable bonds is 8. The summed E-state index contributed by atoms with van der Waals surface area (Å²) in [5, 5.41) is 9.60. The van der Waals surface area contributed by atoms with Gasteiger partial charge in [0.05, 0.1) is 36.4 Å². The van der Waals surface area contributed by atoms with Crippen LogP contribution in [0.4, 0.5) is 10.3 Å². The molecule has 0 bridgehead atoms. The molecule has 0 radical (unpaired) electrons. The number of ether oxygens (including phenoxy) is 1. The zero-order valence-electron chi connectivity index (χ0n) is 19.7. The van der Waals surface area contributed by atoms with Crippen molar-refractivity contribution < 1.29 is 23.8 Å². The van der Waals surface area contributed by atoms with Gasteiger partial charge < -0.3 is 19.6 Å². The summed E-state index contributed by atoms with van der Waals surface area (Å²) >= 11 is 5.88. The topological polar surface area (TPSA) is 95.9 Å². The Morgan fingerprint density at radius 3 is 2.51 bits per heavy atom. The molecule has 1 aromatic heterocycles. The maximum absolute atomic E-state index is 15.0. The Morgan fingerprint density at radius 2 is 1.91 bits per heavy atom. The fourth-order valence-electron chi connectivity index (χ4n) is 4.80. The van der Waals surface area contributed by atoms with Crippen LogP contribution >= 0.6 is 11.6 Å². The number of hydrogen-bond donors (Lipinski definition) is 1. The van der Waals surface area contributed by atoms with Crippen LogP contribution in [-0.4, -0.2) is 71.2 Å². The minimum atomic E-state index is -0.594. The average Bonchev–Trinajstić information content (AvgIpc) is 2.81. The number of amides is 1. The highest BCUT2D eigenvalue weighted by Crippen LogP contribution is 2.35. The zero-order valence-corrected chi connectivity index (χ0v) is 20.5. The average molecular weight is 505 g/mol. The fraction of sp³-hybridized carbons (Fsp3) is 0.520. The molecule has 2 aliphatic heterocycles. The van der Waals surface area contributed by atoms with Gasteiger partial charge in [-0.2, -0.15) is 0 Å². The van der Waals surface area contributed by atoms with Crippen LogP contribution in [0.2, 0.25) is 5.02 Å². The molecule has 1 unspecified atom stereocenters.